The number of hydrogen-bond acceptors (Lipinski definition) is 6. The molecule has 2 aromatic heterocycles. The second kappa shape index (κ2) is 7.91. The summed E-state index contributed by atoms with van der Waals surface area (Å²) in [6.07, 6.45) is 5.21. The van der Waals surface area contributed by atoms with E-state index in [-0.39, 0.29) is 12.0 Å². The summed E-state index contributed by atoms with van der Waals surface area (Å²) in [4.78, 5) is 28.7. The summed E-state index contributed by atoms with van der Waals surface area (Å²) in [5, 5.41) is 1.32. The molecule has 1 amide bonds. The molecule has 0 saturated carbocycles. The largest absolute Gasteiger partial charge is 0.376 e. The first-order valence-electron chi connectivity index (χ1n) is 9.79. The van der Waals surface area contributed by atoms with Crippen LogP contribution in [-0.2, 0) is 4.74 Å². The number of rotatable bonds is 4. The lowest BCUT2D eigenvalue weighted by atomic mass is 10.1. The smallest absolute Gasteiger partial charge is 0.260 e. The van der Waals surface area contributed by atoms with Crippen LogP contribution in [0.15, 0.2) is 42.7 Å². The molecule has 1 atom stereocenters. The van der Waals surface area contributed by atoms with Crippen LogP contribution in [0.3, 0.4) is 0 Å². The predicted octanol–water partition coefficient (Wildman–Crippen LogP) is 5.03. The lowest BCUT2D eigenvalue weighted by molar-refractivity contribution is 0.0917. The molecule has 1 fully saturated rings. The van der Waals surface area contributed by atoms with Crippen LogP contribution in [-0.4, -0.2) is 40.1 Å². The fourth-order valence-corrected chi connectivity index (χ4v) is 5.18. The van der Waals surface area contributed by atoms with Crippen molar-refractivity contribution in [2.75, 3.05) is 18.1 Å². The summed E-state index contributed by atoms with van der Waals surface area (Å²) in [5.74, 6) is -0.124. The van der Waals surface area contributed by atoms with Crippen LogP contribution in [0.5, 0.6) is 0 Å². The first-order valence-corrected chi connectivity index (χ1v) is 11.0. The molecular formula is C22H19ClN4O2S. The molecule has 30 heavy (non-hydrogen) atoms. The number of ether oxygens (including phenoxy) is 1. The molecule has 0 spiro atoms. The van der Waals surface area contributed by atoms with Crippen LogP contribution in [0.2, 0.25) is 5.02 Å². The highest BCUT2D eigenvalue weighted by molar-refractivity contribution is 7.22. The van der Waals surface area contributed by atoms with Crippen LogP contribution in [0.4, 0.5) is 5.13 Å². The Balaban J connectivity index is 1.57. The molecule has 1 aliphatic rings. The van der Waals surface area contributed by atoms with Gasteiger partial charge in [0.05, 0.1) is 33.9 Å². The molecule has 152 valence electrons. The molecule has 0 aliphatic carbocycles. The van der Waals surface area contributed by atoms with Crippen molar-refractivity contribution in [3.63, 3.8) is 0 Å². The molecule has 6 nitrogen and oxygen atoms in total. The summed E-state index contributed by atoms with van der Waals surface area (Å²) < 4.78 is 6.78. The number of aromatic nitrogens is 3. The zero-order chi connectivity index (χ0) is 20.7. The number of thiazole rings is 1. The Morgan fingerprint density at radius 3 is 2.87 bits per heavy atom. The number of carbonyl (C=O) groups is 1. The van der Waals surface area contributed by atoms with E-state index >= 15 is 0 Å². The van der Waals surface area contributed by atoms with Crippen LogP contribution in [0.25, 0.3) is 21.3 Å². The van der Waals surface area contributed by atoms with Gasteiger partial charge in [-0.05, 0) is 55.7 Å². The van der Waals surface area contributed by atoms with Gasteiger partial charge in [-0.3, -0.25) is 19.7 Å². The third kappa shape index (κ3) is 3.64. The van der Waals surface area contributed by atoms with Gasteiger partial charge in [0.25, 0.3) is 5.91 Å². The number of amides is 1. The zero-order valence-electron chi connectivity index (χ0n) is 16.3. The van der Waals surface area contributed by atoms with Gasteiger partial charge in [-0.2, -0.15) is 0 Å². The van der Waals surface area contributed by atoms with Gasteiger partial charge in [0.1, 0.15) is 0 Å². The third-order valence-corrected chi connectivity index (χ3v) is 6.49. The molecule has 8 heteroatoms. The van der Waals surface area contributed by atoms with Gasteiger partial charge in [-0.1, -0.05) is 22.9 Å². The quantitative estimate of drug-likeness (QED) is 0.447. The van der Waals surface area contributed by atoms with Gasteiger partial charge in [0, 0.05) is 29.6 Å². The van der Waals surface area contributed by atoms with E-state index in [0.29, 0.717) is 27.8 Å². The van der Waals surface area contributed by atoms with Gasteiger partial charge in [-0.25, -0.2) is 4.98 Å². The van der Waals surface area contributed by atoms with E-state index in [4.69, 9.17) is 21.3 Å². The number of aryl methyl sites for hydroxylation is 1. The minimum absolute atomic E-state index is 0.00546. The van der Waals surface area contributed by atoms with E-state index in [2.05, 4.69) is 9.97 Å². The summed E-state index contributed by atoms with van der Waals surface area (Å²) in [5.41, 5.74) is 3.85. The first-order chi connectivity index (χ1) is 14.6. The standard InChI is InChI=1S/C22H19ClN4O2S/c1-13-9-15(23)11-19-20(13)26-22(30-19)27(12-16-3-2-8-29-16)21(28)14-4-5-17-18(10-14)25-7-6-24-17/h4-7,9-11,16H,2-3,8,12H2,1H3. The Morgan fingerprint density at radius 2 is 2.07 bits per heavy atom. The van der Waals surface area contributed by atoms with Crippen molar-refractivity contribution in [1.82, 2.24) is 15.0 Å². The van der Waals surface area contributed by atoms with Crippen molar-refractivity contribution < 1.29 is 9.53 Å². The van der Waals surface area contributed by atoms with Gasteiger partial charge in [-0.15, -0.1) is 0 Å². The lowest BCUT2D eigenvalue weighted by Gasteiger charge is -2.23. The summed E-state index contributed by atoms with van der Waals surface area (Å²) in [6, 6.07) is 9.18. The van der Waals surface area contributed by atoms with Crippen molar-refractivity contribution in [3.8, 4) is 0 Å². The minimum Gasteiger partial charge on any atom is -0.376 e. The molecule has 0 bridgehead atoms. The van der Waals surface area contributed by atoms with Crippen molar-refractivity contribution in [2.45, 2.75) is 25.9 Å². The average molecular weight is 439 g/mol. The van der Waals surface area contributed by atoms with E-state index in [1.54, 1.807) is 29.4 Å². The maximum atomic E-state index is 13.6. The Morgan fingerprint density at radius 1 is 1.23 bits per heavy atom. The highest BCUT2D eigenvalue weighted by Crippen LogP contribution is 2.34. The van der Waals surface area contributed by atoms with Gasteiger partial charge >= 0.3 is 0 Å². The van der Waals surface area contributed by atoms with Gasteiger partial charge in [0.15, 0.2) is 5.13 Å². The Bertz CT molecular complexity index is 1250. The van der Waals surface area contributed by atoms with Crippen molar-refractivity contribution in [3.05, 3.63) is 58.9 Å². The predicted molar refractivity (Wildman–Crippen MR) is 120 cm³/mol. The van der Waals surface area contributed by atoms with Crippen LogP contribution in [0.1, 0.15) is 28.8 Å². The molecule has 3 heterocycles. The number of benzene rings is 2. The third-order valence-electron chi connectivity index (χ3n) is 5.24. The minimum atomic E-state index is -0.124. The van der Waals surface area contributed by atoms with Crippen LogP contribution >= 0.6 is 22.9 Å². The Kier molecular flexibility index (Phi) is 5.10. The number of carbonyl (C=O) groups excluding carboxylic acids is 1. The Hall–Kier alpha value is -2.61. The van der Waals surface area contributed by atoms with Crippen LogP contribution < -0.4 is 4.90 Å². The Labute approximate surface area is 182 Å². The molecule has 1 unspecified atom stereocenters. The zero-order valence-corrected chi connectivity index (χ0v) is 17.9. The van der Waals surface area contributed by atoms with E-state index in [1.807, 2.05) is 25.1 Å². The molecule has 5 rings (SSSR count). The van der Waals surface area contributed by atoms with Gasteiger partial charge in [0.2, 0.25) is 0 Å². The maximum absolute atomic E-state index is 13.6. The molecule has 1 aliphatic heterocycles. The number of fused-ring (bicyclic) bond motifs is 2. The first kappa shape index (κ1) is 19.4. The number of nitrogens with zero attached hydrogens (tertiary/aromatic N) is 4. The van der Waals surface area contributed by atoms with Crippen LogP contribution in [0, 0.1) is 6.92 Å². The average Bonchev–Trinajstić information content (AvgIpc) is 3.41. The maximum Gasteiger partial charge on any atom is 0.260 e. The van der Waals surface area contributed by atoms with Crippen molar-refractivity contribution >= 4 is 55.2 Å². The molecule has 4 aromatic rings. The summed E-state index contributed by atoms with van der Waals surface area (Å²) in [6.45, 7) is 3.17. The number of anilines is 1. The fourth-order valence-electron chi connectivity index (χ4n) is 3.75. The van der Waals surface area contributed by atoms with E-state index in [0.717, 1.165) is 40.7 Å². The molecule has 1 saturated heterocycles. The number of halogens is 1. The van der Waals surface area contributed by atoms with Crippen molar-refractivity contribution in [2.24, 2.45) is 0 Å². The van der Waals surface area contributed by atoms with Crippen molar-refractivity contribution in [1.29, 1.82) is 0 Å². The second-order valence-corrected chi connectivity index (χ2v) is 8.82. The van der Waals surface area contributed by atoms with E-state index in [1.165, 1.54) is 11.3 Å². The monoisotopic (exact) mass is 438 g/mol. The second-order valence-electron chi connectivity index (χ2n) is 7.38. The highest BCUT2D eigenvalue weighted by Gasteiger charge is 2.27. The highest BCUT2D eigenvalue weighted by atomic mass is 35.5. The summed E-state index contributed by atoms with van der Waals surface area (Å²) in [7, 11) is 0. The molecule has 0 N–H and O–H groups in total. The van der Waals surface area contributed by atoms with Gasteiger partial charge < -0.3 is 4.74 Å². The van der Waals surface area contributed by atoms with E-state index < -0.39 is 0 Å². The molecular weight excluding hydrogens is 420 g/mol. The lowest BCUT2D eigenvalue weighted by Crippen LogP contribution is -2.37. The topological polar surface area (TPSA) is 68.2 Å². The molecule has 2 aromatic carbocycles. The van der Waals surface area contributed by atoms with E-state index in [9.17, 15) is 4.79 Å². The summed E-state index contributed by atoms with van der Waals surface area (Å²) >= 11 is 7.70. The normalized spacial score (nSPS) is 16.4. The number of hydrogen-bond donors (Lipinski definition) is 0. The molecule has 0 radical (unpaired) electrons. The fraction of sp³-hybridized carbons (Fsp3) is 0.273. The SMILES string of the molecule is Cc1cc(Cl)cc2sc(N(CC3CCCO3)C(=O)c3ccc4nccnc4c3)nc12.